The SMILES string of the molecule is C1CCC2NC(CNC3C4C5CCC(C5)C34)CCC2C1. The molecule has 0 spiro atoms. The lowest BCUT2D eigenvalue weighted by atomic mass is 9.78. The third-order valence-corrected chi connectivity index (χ3v) is 7.58. The molecule has 4 aliphatic carbocycles. The lowest BCUT2D eigenvalue weighted by Crippen LogP contribution is -2.52. The normalized spacial score (nSPS) is 56.4. The zero-order valence-corrected chi connectivity index (χ0v) is 12.7. The molecule has 5 aliphatic rings. The molecule has 0 amide bonds. The lowest BCUT2D eigenvalue weighted by Gasteiger charge is -2.40. The minimum absolute atomic E-state index is 0.772. The molecule has 2 nitrogen and oxygen atoms in total. The van der Waals surface area contributed by atoms with Gasteiger partial charge in [-0.25, -0.2) is 0 Å². The Bertz CT molecular complexity index is 366. The number of hydrogen-bond donors (Lipinski definition) is 2. The van der Waals surface area contributed by atoms with E-state index in [4.69, 9.17) is 0 Å². The Balaban J connectivity index is 1.13. The Morgan fingerprint density at radius 3 is 2.40 bits per heavy atom. The molecule has 20 heavy (non-hydrogen) atoms. The van der Waals surface area contributed by atoms with Crippen molar-refractivity contribution in [3.63, 3.8) is 0 Å². The van der Waals surface area contributed by atoms with E-state index in [2.05, 4.69) is 10.6 Å². The van der Waals surface area contributed by atoms with Crippen LogP contribution in [0.2, 0.25) is 0 Å². The van der Waals surface area contributed by atoms with E-state index in [-0.39, 0.29) is 0 Å². The van der Waals surface area contributed by atoms with Crippen LogP contribution in [-0.4, -0.2) is 24.7 Å². The Hall–Kier alpha value is -0.0800. The van der Waals surface area contributed by atoms with Gasteiger partial charge in [0.25, 0.3) is 0 Å². The van der Waals surface area contributed by atoms with Gasteiger partial charge in [-0.3, -0.25) is 0 Å². The fraction of sp³-hybridized carbons (Fsp3) is 1.00. The summed E-state index contributed by atoms with van der Waals surface area (Å²) in [5.74, 6) is 5.43. The predicted octanol–water partition coefficient (Wildman–Crippen LogP) is 2.93. The van der Waals surface area contributed by atoms with Crippen molar-refractivity contribution in [2.45, 2.75) is 75.9 Å². The zero-order chi connectivity index (χ0) is 13.1. The van der Waals surface area contributed by atoms with Crippen molar-refractivity contribution in [2.75, 3.05) is 6.54 Å². The van der Waals surface area contributed by atoms with E-state index in [1.807, 2.05) is 0 Å². The number of fused-ring (bicyclic) bond motifs is 6. The molecule has 1 aliphatic heterocycles. The van der Waals surface area contributed by atoms with E-state index in [9.17, 15) is 0 Å². The van der Waals surface area contributed by atoms with Gasteiger partial charge in [-0.1, -0.05) is 12.8 Å². The summed E-state index contributed by atoms with van der Waals surface area (Å²) in [4.78, 5) is 0. The van der Waals surface area contributed by atoms with E-state index in [0.717, 1.165) is 47.7 Å². The summed E-state index contributed by atoms with van der Waals surface area (Å²) in [6.45, 7) is 1.25. The monoisotopic (exact) mass is 274 g/mol. The van der Waals surface area contributed by atoms with Gasteiger partial charge < -0.3 is 10.6 Å². The summed E-state index contributed by atoms with van der Waals surface area (Å²) < 4.78 is 0. The predicted molar refractivity (Wildman–Crippen MR) is 81.5 cm³/mol. The summed E-state index contributed by atoms with van der Waals surface area (Å²) in [7, 11) is 0. The first kappa shape index (κ1) is 12.5. The van der Waals surface area contributed by atoms with Gasteiger partial charge in [0, 0.05) is 24.7 Å². The molecule has 2 bridgehead atoms. The van der Waals surface area contributed by atoms with E-state index >= 15 is 0 Å². The second-order valence-electron chi connectivity index (χ2n) is 8.51. The molecule has 7 atom stereocenters. The van der Waals surface area contributed by atoms with Gasteiger partial charge in [0.05, 0.1) is 0 Å². The van der Waals surface area contributed by atoms with E-state index in [0.29, 0.717) is 0 Å². The third-order valence-electron chi connectivity index (χ3n) is 7.58. The van der Waals surface area contributed by atoms with Crippen molar-refractivity contribution in [3.8, 4) is 0 Å². The standard InChI is InChI=1S/C18H30N2/c1-2-4-15-11(3-1)7-8-14(20-15)10-19-18-16-12-5-6-13(9-12)17(16)18/h11-20H,1-10H2. The first-order valence-electron chi connectivity index (χ1n) is 9.39. The van der Waals surface area contributed by atoms with Gasteiger partial charge >= 0.3 is 0 Å². The summed E-state index contributed by atoms with van der Waals surface area (Å²) in [5.41, 5.74) is 0. The van der Waals surface area contributed by atoms with Crippen LogP contribution in [0.5, 0.6) is 0 Å². The first-order chi connectivity index (χ1) is 9.90. The van der Waals surface area contributed by atoms with Crippen LogP contribution in [0.25, 0.3) is 0 Å². The van der Waals surface area contributed by atoms with Gasteiger partial charge in [0.2, 0.25) is 0 Å². The Labute approximate surface area is 123 Å². The molecule has 5 rings (SSSR count). The molecule has 0 radical (unpaired) electrons. The van der Waals surface area contributed by atoms with Gasteiger partial charge in [-0.15, -0.1) is 0 Å². The highest BCUT2D eigenvalue weighted by Gasteiger charge is 2.64. The van der Waals surface area contributed by atoms with E-state index in [1.54, 1.807) is 19.3 Å². The second-order valence-corrected chi connectivity index (χ2v) is 8.51. The van der Waals surface area contributed by atoms with Gasteiger partial charge in [-0.05, 0) is 74.5 Å². The number of rotatable bonds is 3. The molecule has 0 aromatic rings. The van der Waals surface area contributed by atoms with Crippen LogP contribution in [-0.2, 0) is 0 Å². The fourth-order valence-corrected chi connectivity index (χ4v) is 6.61. The molecule has 5 fully saturated rings. The summed E-state index contributed by atoms with van der Waals surface area (Å²) >= 11 is 0. The molecule has 7 unspecified atom stereocenters. The van der Waals surface area contributed by atoms with Crippen LogP contribution >= 0.6 is 0 Å². The molecule has 112 valence electrons. The van der Waals surface area contributed by atoms with Crippen LogP contribution in [0, 0.1) is 29.6 Å². The molecule has 2 N–H and O–H groups in total. The summed E-state index contributed by atoms with van der Waals surface area (Å²) in [5, 5.41) is 7.94. The van der Waals surface area contributed by atoms with Gasteiger partial charge in [0.15, 0.2) is 0 Å². The minimum Gasteiger partial charge on any atom is -0.312 e. The highest BCUT2D eigenvalue weighted by Crippen LogP contribution is 2.65. The van der Waals surface area contributed by atoms with Crippen molar-refractivity contribution < 1.29 is 0 Å². The maximum atomic E-state index is 3.98. The van der Waals surface area contributed by atoms with E-state index in [1.165, 1.54) is 45.1 Å². The molecular formula is C18H30N2. The van der Waals surface area contributed by atoms with Crippen molar-refractivity contribution in [1.29, 1.82) is 0 Å². The van der Waals surface area contributed by atoms with Crippen LogP contribution in [0.4, 0.5) is 0 Å². The molecule has 1 heterocycles. The lowest BCUT2D eigenvalue weighted by molar-refractivity contribution is 0.173. The summed E-state index contributed by atoms with van der Waals surface area (Å²) in [6, 6.07) is 2.56. The molecule has 4 saturated carbocycles. The Morgan fingerprint density at radius 1 is 0.800 bits per heavy atom. The molecule has 2 heteroatoms. The Kier molecular flexibility index (Phi) is 2.93. The maximum Gasteiger partial charge on any atom is 0.0195 e. The molecule has 0 aromatic carbocycles. The number of piperidine rings is 1. The fourth-order valence-electron chi connectivity index (χ4n) is 6.61. The van der Waals surface area contributed by atoms with Crippen LogP contribution in [0.3, 0.4) is 0 Å². The van der Waals surface area contributed by atoms with Crippen molar-refractivity contribution in [3.05, 3.63) is 0 Å². The number of hydrogen-bond acceptors (Lipinski definition) is 2. The molecular weight excluding hydrogens is 244 g/mol. The van der Waals surface area contributed by atoms with Crippen molar-refractivity contribution in [2.24, 2.45) is 29.6 Å². The largest absolute Gasteiger partial charge is 0.312 e. The molecule has 1 saturated heterocycles. The Morgan fingerprint density at radius 2 is 1.55 bits per heavy atom. The first-order valence-corrected chi connectivity index (χ1v) is 9.39. The van der Waals surface area contributed by atoms with Crippen molar-refractivity contribution >= 4 is 0 Å². The summed E-state index contributed by atoms with van der Waals surface area (Å²) in [6.07, 6.45) is 13.5. The minimum atomic E-state index is 0.772. The van der Waals surface area contributed by atoms with E-state index < -0.39 is 0 Å². The topological polar surface area (TPSA) is 24.1 Å². The van der Waals surface area contributed by atoms with Crippen LogP contribution in [0.15, 0.2) is 0 Å². The maximum absolute atomic E-state index is 3.98. The highest BCUT2D eigenvalue weighted by atomic mass is 15.1. The van der Waals surface area contributed by atoms with Gasteiger partial charge in [-0.2, -0.15) is 0 Å². The quantitative estimate of drug-likeness (QED) is 0.827. The molecule has 0 aromatic heterocycles. The van der Waals surface area contributed by atoms with Crippen molar-refractivity contribution in [1.82, 2.24) is 10.6 Å². The van der Waals surface area contributed by atoms with Gasteiger partial charge in [0.1, 0.15) is 0 Å². The smallest absolute Gasteiger partial charge is 0.0195 e. The highest BCUT2D eigenvalue weighted by molar-refractivity contribution is 5.17. The van der Waals surface area contributed by atoms with Crippen LogP contribution < -0.4 is 10.6 Å². The zero-order valence-electron chi connectivity index (χ0n) is 12.7. The average Bonchev–Trinajstić information content (AvgIpc) is 2.88. The average molecular weight is 274 g/mol. The second kappa shape index (κ2) is 4.71. The third kappa shape index (κ3) is 1.90. The number of nitrogens with one attached hydrogen (secondary N) is 2. The van der Waals surface area contributed by atoms with Crippen LogP contribution in [0.1, 0.15) is 57.8 Å².